The highest BCUT2D eigenvalue weighted by Crippen LogP contribution is 2.28. The lowest BCUT2D eigenvalue weighted by molar-refractivity contribution is 0.0697. The van der Waals surface area contributed by atoms with Gasteiger partial charge in [0.2, 0.25) is 0 Å². The normalized spacial score (nSPS) is 16.4. The zero-order valence-electron chi connectivity index (χ0n) is 12.3. The van der Waals surface area contributed by atoms with Crippen molar-refractivity contribution in [2.24, 2.45) is 0 Å². The number of likely N-dealkylation sites (N-methyl/N-ethyl adjacent to an activating group) is 1. The molecule has 1 aromatic heterocycles. The minimum atomic E-state index is -0.901. The van der Waals surface area contributed by atoms with Crippen LogP contribution in [0.25, 0.3) is 10.9 Å². The molecule has 2 heterocycles. The summed E-state index contributed by atoms with van der Waals surface area (Å²) in [6, 6.07) is 7.20. The van der Waals surface area contributed by atoms with Gasteiger partial charge in [0.25, 0.3) is 0 Å². The van der Waals surface area contributed by atoms with Crippen molar-refractivity contribution in [2.45, 2.75) is 6.92 Å². The van der Waals surface area contributed by atoms with Gasteiger partial charge in [-0.3, -0.25) is 4.98 Å². The molecule has 1 fully saturated rings. The topological polar surface area (TPSA) is 56.7 Å². The second kappa shape index (κ2) is 5.33. The summed E-state index contributed by atoms with van der Waals surface area (Å²) in [5.41, 5.74) is 3.21. The van der Waals surface area contributed by atoms with Crippen LogP contribution in [0.5, 0.6) is 0 Å². The van der Waals surface area contributed by atoms with E-state index in [-0.39, 0.29) is 0 Å². The van der Waals surface area contributed by atoms with Crippen molar-refractivity contribution in [1.82, 2.24) is 9.88 Å². The molecule has 0 saturated carbocycles. The minimum absolute atomic E-state index is 0.309. The largest absolute Gasteiger partial charge is 0.478 e. The molecule has 3 rings (SSSR count). The van der Waals surface area contributed by atoms with Crippen molar-refractivity contribution in [3.05, 3.63) is 35.5 Å². The van der Waals surface area contributed by atoms with Gasteiger partial charge in [-0.2, -0.15) is 0 Å². The van der Waals surface area contributed by atoms with Gasteiger partial charge in [0, 0.05) is 42.9 Å². The van der Waals surface area contributed by atoms with Gasteiger partial charge in [-0.1, -0.05) is 0 Å². The molecule has 110 valence electrons. The maximum absolute atomic E-state index is 11.2. The van der Waals surface area contributed by atoms with E-state index in [0.29, 0.717) is 5.56 Å². The summed E-state index contributed by atoms with van der Waals surface area (Å²) in [6.45, 7) is 5.91. The molecule has 2 aromatic rings. The molecule has 0 radical (unpaired) electrons. The summed E-state index contributed by atoms with van der Waals surface area (Å²) in [7, 11) is 2.12. The summed E-state index contributed by atoms with van der Waals surface area (Å²) in [5.74, 6) is -0.901. The molecule has 5 heteroatoms. The summed E-state index contributed by atoms with van der Waals surface area (Å²) in [6.07, 6.45) is 0. The van der Waals surface area contributed by atoms with Crippen LogP contribution in [0.1, 0.15) is 16.1 Å². The predicted molar refractivity (Wildman–Crippen MR) is 83.1 cm³/mol. The number of aryl methyl sites for hydroxylation is 1. The number of aromatic carboxylic acids is 1. The van der Waals surface area contributed by atoms with Crippen molar-refractivity contribution in [3.8, 4) is 0 Å². The number of aromatic nitrogens is 1. The number of anilines is 1. The number of piperazine rings is 1. The number of fused-ring (bicyclic) bond motifs is 1. The summed E-state index contributed by atoms with van der Waals surface area (Å²) < 4.78 is 0. The number of nitrogens with zero attached hydrogens (tertiary/aromatic N) is 3. The Bertz CT molecular complexity index is 691. The van der Waals surface area contributed by atoms with E-state index >= 15 is 0 Å². The first-order chi connectivity index (χ1) is 10.0. The summed E-state index contributed by atoms with van der Waals surface area (Å²) in [4.78, 5) is 20.3. The number of benzene rings is 1. The van der Waals surface area contributed by atoms with Crippen molar-refractivity contribution in [3.63, 3.8) is 0 Å². The van der Waals surface area contributed by atoms with Crippen molar-refractivity contribution in [1.29, 1.82) is 0 Å². The van der Waals surface area contributed by atoms with Crippen molar-refractivity contribution >= 4 is 22.6 Å². The van der Waals surface area contributed by atoms with E-state index < -0.39 is 5.97 Å². The lowest BCUT2D eigenvalue weighted by Crippen LogP contribution is -2.44. The van der Waals surface area contributed by atoms with Crippen LogP contribution in [0.4, 0.5) is 5.69 Å². The van der Waals surface area contributed by atoms with Crippen LogP contribution >= 0.6 is 0 Å². The fourth-order valence-electron chi connectivity index (χ4n) is 2.78. The lowest BCUT2D eigenvalue weighted by Gasteiger charge is -2.34. The van der Waals surface area contributed by atoms with E-state index in [4.69, 9.17) is 0 Å². The Balaban J connectivity index is 2.11. The van der Waals surface area contributed by atoms with E-state index in [2.05, 4.69) is 27.9 Å². The average molecular weight is 285 g/mol. The first-order valence-corrected chi connectivity index (χ1v) is 7.13. The Morgan fingerprint density at radius 1 is 1.19 bits per heavy atom. The van der Waals surface area contributed by atoms with Gasteiger partial charge in [-0.25, -0.2) is 4.79 Å². The van der Waals surface area contributed by atoms with Crippen LogP contribution in [-0.4, -0.2) is 54.2 Å². The Morgan fingerprint density at radius 2 is 1.90 bits per heavy atom. The van der Waals surface area contributed by atoms with Gasteiger partial charge in [-0.05, 0) is 38.2 Å². The summed E-state index contributed by atoms with van der Waals surface area (Å²) in [5, 5.41) is 10.1. The Morgan fingerprint density at radius 3 is 2.57 bits per heavy atom. The second-order valence-corrected chi connectivity index (χ2v) is 5.61. The maximum atomic E-state index is 11.2. The molecule has 1 aliphatic heterocycles. The Labute approximate surface area is 123 Å². The molecular weight excluding hydrogens is 266 g/mol. The third-order valence-corrected chi connectivity index (χ3v) is 4.01. The molecule has 0 amide bonds. The maximum Gasteiger partial charge on any atom is 0.335 e. The van der Waals surface area contributed by atoms with Crippen LogP contribution in [-0.2, 0) is 0 Å². The highest BCUT2D eigenvalue weighted by molar-refractivity contribution is 5.98. The number of carboxylic acid groups (broad SMARTS) is 1. The van der Waals surface area contributed by atoms with E-state index in [1.165, 1.54) is 0 Å². The molecule has 0 atom stereocenters. The zero-order valence-corrected chi connectivity index (χ0v) is 12.3. The van der Waals surface area contributed by atoms with Gasteiger partial charge in [0.1, 0.15) is 0 Å². The smallest absolute Gasteiger partial charge is 0.335 e. The van der Waals surface area contributed by atoms with Crippen LogP contribution in [0.2, 0.25) is 0 Å². The lowest BCUT2D eigenvalue weighted by atomic mass is 10.1. The van der Waals surface area contributed by atoms with Crippen LogP contribution in [0.15, 0.2) is 24.3 Å². The summed E-state index contributed by atoms with van der Waals surface area (Å²) >= 11 is 0. The molecule has 0 bridgehead atoms. The Kier molecular flexibility index (Phi) is 3.51. The second-order valence-electron chi connectivity index (χ2n) is 5.61. The first kappa shape index (κ1) is 13.8. The van der Waals surface area contributed by atoms with Crippen LogP contribution < -0.4 is 4.90 Å². The van der Waals surface area contributed by atoms with Crippen LogP contribution in [0, 0.1) is 6.92 Å². The van der Waals surface area contributed by atoms with Gasteiger partial charge in [-0.15, -0.1) is 0 Å². The van der Waals surface area contributed by atoms with E-state index in [1.54, 1.807) is 18.2 Å². The van der Waals surface area contributed by atoms with Gasteiger partial charge < -0.3 is 14.9 Å². The minimum Gasteiger partial charge on any atom is -0.478 e. The van der Waals surface area contributed by atoms with E-state index in [0.717, 1.165) is 48.5 Å². The van der Waals surface area contributed by atoms with Crippen molar-refractivity contribution in [2.75, 3.05) is 38.1 Å². The molecule has 1 aliphatic rings. The highest BCUT2D eigenvalue weighted by atomic mass is 16.4. The molecule has 0 spiro atoms. The van der Waals surface area contributed by atoms with Gasteiger partial charge in [0.05, 0.1) is 11.1 Å². The Hall–Kier alpha value is -2.14. The number of pyridine rings is 1. The molecule has 0 aliphatic carbocycles. The third-order valence-electron chi connectivity index (χ3n) is 4.01. The monoisotopic (exact) mass is 285 g/mol. The van der Waals surface area contributed by atoms with Crippen molar-refractivity contribution < 1.29 is 9.90 Å². The van der Waals surface area contributed by atoms with Gasteiger partial charge >= 0.3 is 5.97 Å². The first-order valence-electron chi connectivity index (χ1n) is 7.13. The molecular formula is C16H19N3O2. The fraction of sp³-hybridized carbons (Fsp3) is 0.375. The average Bonchev–Trinajstić information content (AvgIpc) is 2.46. The zero-order chi connectivity index (χ0) is 15.0. The molecule has 1 aromatic carbocycles. The number of rotatable bonds is 2. The quantitative estimate of drug-likeness (QED) is 0.914. The van der Waals surface area contributed by atoms with Gasteiger partial charge in [0.15, 0.2) is 0 Å². The molecule has 1 saturated heterocycles. The molecule has 21 heavy (non-hydrogen) atoms. The van der Waals surface area contributed by atoms with E-state index in [1.807, 2.05) is 6.92 Å². The fourth-order valence-corrected chi connectivity index (χ4v) is 2.78. The number of hydrogen-bond donors (Lipinski definition) is 1. The standard InChI is InChI=1S/C16H19N3O2/c1-11-9-15(19-7-5-18(2)6-8-19)13-10-12(16(20)21)3-4-14(13)17-11/h3-4,9-10H,5-8H2,1-2H3,(H,20,21). The SMILES string of the molecule is Cc1cc(N2CCN(C)CC2)c2cc(C(=O)O)ccc2n1. The van der Waals surface area contributed by atoms with E-state index in [9.17, 15) is 9.90 Å². The number of carboxylic acids is 1. The molecule has 1 N–H and O–H groups in total. The molecule has 5 nitrogen and oxygen atoms in total. The molecule has 0 unspecified atom stereocenters. The van der Waals surface area contributed by atoms with Crippen LogP contribution in [0.3, 0.4) is 0 Å². The third kappa shape index (κ3) is 2.69. The predicted octanol–water partition coefficient (Wildman–Crippen LogP) is 1.99. The number of hydrogen-bond acceptors (Lipinski definition) is 4. The highest BCUT2D eigenvalue weighted by Gasteiger charge is 2.18. The number of carbonyl (C=O) groups is 1.